The van der Waals surface area contributed by atoms with Crippen molar-refractivity contribution in [3.8, 4) is 22.8 Å². The van der Waals surface area contributed by atoms with Gasteiger partial charge in [0.05, 0.1) is 36.8 Å². The molecule has 10 heteroatoms. The fourth-order valence-corrected chi connectivity index (χ4v) is 4.56. The van der Waals surface area contributed by atoms with Gasteiger partial charge in [0, 0.05) is 23.9 Å². The number of ether oxygens (including phenoxy) is 2. The molecule has 1 aliphatic carbocycles. The highest BCUT2D eigenvalue weighted by molar-refractivity contribution is 6.41. The summed E-state index contributed by atoms with van der Waals surface area (Å²) in [5.74, 6) is 1.33. The predicted molar refractivity (Wildman–Crippen MR) is 126 cm³/mol. The Bertz CT molecular complexity index is 1120. The minimum absolute atomic E-state index is 0.154. The van der Waals surface area contributed by atoms with Crippen molar-refractivity contribution in [2.75, 3.05) is 19.5 Å². The van der Waals surface area contributed by atoms with Crippen LogP contribution in [-0.4, -0.2) is 35.2 Å². The van der Waals surface area contributed by atoms with E-state index in [-0.39, 0.29) is 6.04 Å². The Hall–Kier alpha value is -2.65. The third-order valence-corrected chi connectivity index (χ3v) is 6.56. The molecule has 3 aromatic rings. The summed E-state index contributed by atoms with van der Waals surface area (Å²) in [4.78, 5) is 13.3. The summed E-state index contributed by atoms with van der Waals surface area (Å²) in [6, 6.07) is 7.04. The summed E-state index contributed by atoms with van der Waals surface area (Å²) in [6.45, 7) is 0. The molecule has 0 radical (unpaired) electrons. The molecule has 4 rings (SSSR count). The summed E-state index contributed by atoms with van der Waals surface area (Å²) in [5.41, 5.74) is 14.7. The highest BCUT2D eigenvalue weighted by atomic mass is 35.5. The normalized spacial score (nSPS) is 20.2. The largest absolute Gasteiger partial charge is 0.495 e. The lowest BCUT2D eigenvalue weighted by molar-refractivity contribution is 0.393. The quantitative estimate of drug-likeness (QED) is 0.483. The van der Waals surface area contributed by atoms with E-state index in [0.717, 1.165) is 24.8 Å². The average molecular weight is 475 g/mol. The van der Waals surface area contributed by atoms with Crippen LogP contribution in [0.5, 0.6) is 11.5 Å². The molecule has 1 saturated carbocycles. The lowest BCUT2D eigenvalue weighted by Crippen LogP contribution is -2.49. The lowest BCUT2D eigenvalue weighted by atomic mass is 9.90. The molecule has 0 bridgehead atoms. The van der Waals surface area contributed by atoms with Crippen LogP contribution in [0.4, 0.5) is 11.5 Å². The number of halogens is 2. The van der Waals surface area contributed by atoms with E-state index in [1.165, 1.54) is 20.5 Å². The zero-order valence-corrected chi connectivity index (χ0v) is 19.2. The number of nitrogens with two attached hydrogens (primary N) is 2. The van der Waals surface area contributed by atoms with Crippen LogP contribution in [0.3, 0.4) is 0 Å². The summed E-state index contributed by atoms with van der Waals surface area (Å²) in [6.07, 6.45) is 5.76. The molecule has 2 atom stereocenters. The van der Waals surface area contributed by atoms with Crippen LogP contribution < -0.4 is 26.3 Å². The number of benzene rings is 1. The van der Waals surface area contributed by atoms with Crippen LogP contribution in [0.15, 0.2) is 36.8 Å². The van der Waals surface area contributed by atoms with E-state index in [9.17, 15) is 0 Å². The lowest BCUT2D eigenvalue weighted by Gasteiger charge is -2.28. The first-order chi connectivity index (χ1) is 15.4. The maximum Gasteiger partial charge on any atom is 0.143 e. The molecular weight excluding hydrogens is 451 g/mol. The maximum atomic E-state index is 6.63. The second-order valence-electron chi connectivity index (χ2n) is 7.64. The molecule has 0 aliphatic heterocycles. The van der Waals surface area contributed by atoms with Crippen molar-refractivity contribution >= 4 is 34.7 Å². The van der Waals surface area contributed by atoms with E-state index in [2.05, 4.69) is 20.3 Å². The van der Waals surface area contributed by atoms with Gasteiger partial charge in [0.15, 0.2) is 0 Å². The van der Waals surface area contributed by atoms with Crippen molar-refractivity contribution in [2.24, 2.45) is 11.5 Å². The number of hydrogen-bond acceptors (Lipinski definition) is 8. The van der Waals surface area contributed by atoms with Crippen molar-refractivity contribution in [1.82, 2.24) is 15.0 Å². The van der Waals surface area contributed by atoms with Gasteiger partial charge in [0.1, 0.15) is 33.7 Å². The van der Waals surface area contributed by atoms with Gasteiger partial charge in [0.25, 0.3) is 0 Å². The van der Waals surface area contributed by atoms with E-state index >= 15 is 0 Å². The van der Waals surface area contributed by atoms with Gasteiger partial charge >= 0.3 is 0 Å². The molecule has 1 fully saturated rings. The minimum atomic E-state index is -0.680. The molecule has 0 saturated heterocycles. The zero-order chi connectivity index (χ0) is 22.9. The van der Waals surface area contributed by atoms with Crippen molar-refractivity contribution in [3.63, 3.8) is 0 Å². The molecule has 1 aliphatic rings. The summed E-state index contributed by atoms with van der Waals surface area (Å²) < 4.78 is 10.7. The number of nitrogens with zero attached hydrogens (tertiary/aromatic N) is 3. The first-order valence-corrected chi connectivity index (χ1v) is 10.8. The third kappa shape index (κ3) is 3.95. The fraction of sp³-hybridized carbons (Fsp3) is 0.318. The number of pyridine rings is 1. The van der Waals surface area contributed by atoms with Gasteiger partial charge in [0.2, 0.25) is 0 Å². The van der Waals surface area contributed by atoms with E-state index in [1.54, 1.807) is 12.3 Å². The van der Waals surface area contributed by atoms with Gasteiger partial charge in [-0.1, -0.05) is 23.2 Å². The number of nitrogens with one attached hydrogen (secondary N) is 1. The molecule has 168 valence electrons. The SMILES string of the molecule is COc1cc(OC)c(Cl)c(Nc2ncccc2-c2cc(C3(N)CCCC3N)ncn2)c1Cl. The van der Waals surface area contributed by atoms with Crippen LogP contribution in [0.2, 0.25) is 10.0 Å². The smallest absolute Gasteiger partial charge is 0.143 e. The van der Waals surface area contributed by atoms with E-state index in [0.29, 0.717) is 44.4 Å². The molecule has 2 heterocycles. The number of aromatic nitrogens is 3. The average Bonchev–Trinajstić information content (AvgIpc) is 3.16. The molecule has 0 amide bonds. The van der Waals surface area contributed by atoms with Crippen molar-refractivity contribution in [1.29, 1.82) is 0 Å². The van der Waals surface area contributed by atoms with Crippen LogP contribution in [0.1, 0.15) is 25.0 Å². The molecule has 5 N–H and O–H groups in total. The van der Waals surface area contributed by atoms with Crippen molar-refractivity contribution in [2.45, 2.75) is 30.8 Å². The predicted octanol–water partition coefficient (Wildman–Crippen LogP) is 4.27. The second kappa shape index (κ2) is 9.07. The van der Waals surface area contributed by atoms with Gasteiger partial charge in [-0.25, -0.2) is 15.0 Å². The third-order valence-electron chi connectivity index (χ3n) is 5.81. The van der Waals surface area contributed by atoms with Gasteiger partial charge in [-0.3, -0.25) is 0 Å². The maximum absolute atomic E-state index is 6.63. The van der Waals surface area contributed by atoms with Gasteiger partial charge in [-0.15, -0.1) is 0 Å². The van der Waals surface area contributed by atoms with Crippen LogP contribution >= 0.6 is 23.2 Å². The van der Waals surface area contributed by atoms with Crippen LogP contribution in [-0.2, 0) is 5.54 Å². The fourth-order valence-electron chi connectivity index (χ4n) is 3.96. The highest BCUT2D eigenvalue weighted by Crippen LogP contribution is 2.46. The second-order valence-corrected chi connectivity index (χ2v) is 8.39. The molecule has 8 nitrogen and oxygen atoms in total. The number of hydrogen-bond donors (Lipinski definition) is 3. The van der Waals surface area contributed by atoms with Crippen LogP contribution in [0, 0.1) is 0 Å². The Morgan fingerprint density at radius 2 is 1.81 bits per heavy atom. The van der Waals surface area contributed by atoms with E-state index in [1.807, 2.05) is 18.2 Å². The Morgan fingerprint density at radius 3 is 2.44 bits per heavy atom. The first kappa shape index (κ1) is 22.5. The van der Waals surface area contributed by atoms with Gasteiger partial charge < -0.3 is 26.3 Å². The van der Waals surface area contributed by atoms with Gasteiger partial charge in [-0.2, -0.15) is 0 Å². The number of methoxy groups -OCH3 is 2. The Labute approximate surface area is 196 Å². The molecule has 0 spiro atoms. The monoisotopic (exact) mass is 474 g/mol. The number of anilines is 2. The topological polar surface area (TPSA) is 121 Å². The molecule has 2 unspecified atom stereocenters. The molecular formula is C22H24Cl2N6O2. The zero-order valence-electron chi connectivity index (χ0n) is 17.7. The molecule has 1 aromatic carbocycles. The van der Waals surface area contributed by atoms with Gasteiger partial charge in [-0.05, 0) is 37.5 Å². The van der Waals surface area contributed by atoms with Crippen molar-refractivity contribution in [3.05, 3.63) is 52.5 Å². The van der Waals surface area contributed by atoms with E-state index in [4.69, 9.17) is 44.1 Å². The van der Waals surface area contributed by atoms with E-state index < -0.39 is 5.54 Å². The number of rotatable bonds is 6. The summed E-state index contributed by atoms with van der Waals surface area (Å²) in [7, 11) is 3.03. The molecule has 2 aromatic heterocycles. The summed E-state index contributed by atoms with van der Waals surface area (Å²) >= 11 is 13.1. The van der Waals surface area contributed by atoms with Crippen LogP contribution in [0.25, 0.3) is 11.3 Å². The molecule has 32 heavy (non-hydrogen) atoms. The Morgan fingerprint density at radius 1 is 1.09 bits per heavy atom. The first-order valence-electron chi connectivity index (χ1n) is 10.1. The van der Waals surface area contributed by atoms with Crippen molar-refractivity contribution < 1.29 is 9.47 Å². The Kier molecular flexibility index (Phi) is 6.39. The standard InChI is InChI=1S/C22H24Cl2N6O2/c1-31-14-10-15(32-2)19(24)20(18(14)23)30-21-12(5-4-8-27-21)13-9-17(29-11-28-13)22(26)7-3-6-16(22)25/h4-5,8-11,16H,3,6-7,25-26H2,1-2H3,(H,27,30). The summed E-state index contributed by atoms with van der Waals surface area (Å²) in [5, 5.41) is 3.82. The highest BCUT2D eigenvalue weighted by Gasteiger charge is 2.40. The minimum Gasteiger partial charge on any atom is -0.495 e. The Balaban J connectivity index is 1.77.